The minimum absolute atomic E-state index is 0.525. The zero-order chi connectivity index (χ0) is 11.3. The topological polar surface area (TPSA) is 61.7 Å². The first-order chi connectivity index (χ1) is 7.09. The minimum atomic E-state index is -1.05. The molecule has 1 atom stereocenters. The molecule has 1 amide bonds. The van der Waals surface area contributed by atoms with Crippen molar-refractivity contribution in [3.63, 3.8) is 0 Å². The summed E-state index contributed by atoms with van der Waals surface area (Å²) in [5.74, 6) is -0.525. The van der Waals surface area contributed by atoms with E-state index in [1.807, 2.05) is 24.3 Å². The van der Waals surface area contributed by atoms with Crippen LogP contribution in [0.25, 0.3) is 0 Å². The molecule has 80 valence electrons. The first-order valence-electron chi connectivity index (χ1n) is 4.36. The molecule has 0 aromatic heterocycles. The van der Waals surface area contributed by atoms with Gasteiger partial charge in [0.25, 0.3) is 5.91 Å². The van der Waals surface area contributed by atoms with Crippen molar-refractivity contribution in [2.45, 2.75) is 13.0 Å². The fourth-order valence-corrected chi connectivity index (χ4v) is 1.08. The van der Waals surface area contributed by atoms with Gasteiger partial charge in [0.2, 0.25) is 0 Å². The molecule has 0 heterocycles. The van der Waals surface area contributed by atoms with Crippen LogP contribution >= 0.6 is 15.9 Å². The van der Waals surface area contributed by atoms with Crippen LogP contribution in [0.1, 0.15) is 12.5 Å². The molecule has 0 fully saturated rings. The normalized spacial score (nSPS) is 12.7. The third-order valence-electron chi connectivity index (χ3n) is 1.64. The van der Waals surface area contributed by atoms with E-state index >= 15 is 0 Å². The molecular formula is C10H11BrN2O2. The van der Waals surface area contributed by atoms with Crippen LogP contribution in [0.2, 0.25) is 0 Å². The van der Waals surface area contributed by atoms with Gasteiger partial charge >= 0.3 is 0 Å². The monoisotopic (exact) mass is 270 g/mol. The molecule has 15 heavy (non-hydrogen) atoms. The number of rotatable bonds is 3. The van der Waals surface area contributed by atoms with Gasteiger partial charge in [-0.1, -0.05) is 28.1 Å². The maximum Gasteiger partial charge on any atom is 0.268 e. The third-order valence-corrected chi connectivity index (χ3v) is 2.17. The van der Waals surface area contributed by atoms with Gasteiger partial charge in [-0.3, -0.25) is 4.79 Å². The Bertz CT molecular complexity index is 360. The number of aliphatic hydroxyl groups excluding tert-OH is 1. The van der Waals surface area contributed by atoms with Crippen LogP contribution in [0.15, 0.2) is 33.8 Å². The molecule has 0 aliphatic rings. The lowest BCUT2D eigenvalue weighted by Gasteiger charge is -2.00. The van der Waals surface area contributed by atoms with E-state index < -0.39 is 12.0 Å². The Morgan fingerprint density at radius 2 is 2.13 bits per heavy atom. The summed E-state index contributed by atoms with van der Waals surface area (Å²) in [5.41, 5.74) is 3.08. The summed E-state index contributed by atoms with van der Waals surface area (Å²) in [4.78, 5) is 10.9. The van der Waals surface area contributed by atoms with Gasteiger partial charge in [0.05, 0.1) is 6.21 Å². The number of hydrazone groups is 1. The predicted octanol–water partition coefficient (Wildman–Crippen LogP) is 1.28. The van der Waals surface area contributed by atoms with Crippen LogP contribution in [0.3, 0.4) is 0 Å². The zero-order valence-corrected chi connectivity index (χ0v) is 9.73. The molecule has 1 unspecified atom stereocenters. The van der Waals surface area contributed by atoms with Gasteiger partial charge in [0.1, 0.15) is 6.10 Å². The number of carbonyl (C=O) groups excluding carboxylic acids is 1. The summed E-state index contributed by atoms with van der Waals surface area (Å²) < 4.78 is 0.979. The minimum Gasteiger partial charge on any atom is -0.383 e. The van der Waals surface area contributed by atoms with Crippen molar-refractivity contribution in [3.05, 3.63) is 34.3 Å². The number of nitrogens with one attached hydrogen (secondary N) is 1. The first-order valence-corrected chi connectivity index (χ1v) is 5.15. The van der Waals surface area contributed by atoms with Gasteiger partial charge in [-0.2, -0.15) is 5.10 Å². The highest BCUT2D eigenvalue weighted by Gasteiger charge is 2.05. The van der Waals surface area contributed by atoms with Crippen LogP contribution in [0.5, 0.6) is 0 Å². The van der Waals surface area contributed by atoms with Crippen molar-refractivity contribution in [1.82, 2.24) is 5.43 Å². The van der Waals surface area contributed by atoms with Crippen molar-refractivity contribution in [2.75, 3.05) is 0 Å². The number of amides is 1. The van der Waals surface area contributed by atoms with Gasteiger partial charge in [-0.15, -0.1) is 0 Å². The van der Waals surface area contributed by atoms with Crippen LogP contribution in [0, 0.1) is 0 Å². The molecule has 0 bridgehead atoms. The number of halogens is 1. The van der Waals surface area contributed by atoms with Crippen LogP contribution < -0.4 is 5.43 Å². The van der Waals surface area contributed by atoms with Gasteiger partial charge in [0, 0.05) is 4.47 Å². The maximum absolute atomic E-state index is 10.9. The molecule has 4 nitrogen and oxygen atoms in total. The number of hydrogen-bond donors (Lipinski definition) is 2. The summed E-state index contributed by atoms with van der Waals surface area (Å²) in [6.07, 6.45) is 0.458. The van der Waals surface area contributed by atoms with Gasteiger partial charge in [0.15, 0.2) is 0 Å². The number of carbonyl (C=O) groups is 1. The summed E-state index contributed by atoms with van der Waals surface area (Å²) in [6.45, 7) is 1.38. The molecule has 2 N–H and O–H groups in total. The number of aliphatic hydroxyl groups is 1. The standard InChI is InChI=1S/C10H11BrN2O2/c1-7(14)10(15)13-12-6-8-2-4-9(11)5-3-8/h2-7,14H,1H3,(H,13,15). The van der Waals surface area contributed by atoms with E-state index in [1.54, 1.807) is 0 Å². The fraction of sp³-hybridized carbons (Fsp3) is 0.200. The van der Waals surface area contributed by atoms with Crippen LogP contribution in [-0.2, 0) is 4.79 Å². The molecule has 0 saturated heterocycles. The molecule has 5 heteroatoms. The first kappa shape index (κ1) is 11.9. The highest BCUT2D eigenvalue weighted by atomic mass is 79.9. The van der Waals surface area contributed by atoms with Crippen molar-refractivity contribution < 1.29 is 9.90 Å². The van der Waals surface area contributed by atoms with Crippen molar-refractivity contribution in [1.29, 1.82) is 0 Å². The molecule has 0 saturated carbocycles. The second-order valence-corrected chi connectivity index (χ2v) is 3.88. The Morgan fingerprint density at radius 1 is 1.53 bits per heavy atom. The van der Waals surface area contributed by atoms with E-state index in [1.165, 1.54) is 13.1 Å². The summed E-state index contributed by atoms with van der Waals surface area (Å²) in [7, 11) is 0. The Balaban J connectivity index is 2.51. The second kappa shape index (κ2) is 5.63. The highest BCUT2D eigenvalue weighted by Crippen LogP contribution is 2.08. The molecule has 0 aliphatic carbocycles. The second-order valence-electron chi connectivity index (χ2n) is 2.96. The quantitative estimate of drug-likeness (QED) is 0.642. The zero-order valence-electron chi connectivity index (χ0n) is 8.14. The average molecular weight is 271 g/mol. The molecule has 0 spiro atoms. The smallest absolute Gasteiger partial charge is 0.268 e. The SMILES string of the molecule is CC(O)C(=O)NN=Cc1ccc(Br)cc1. The largest absolute Gasteiger partial charge is 0.383 e. The lowest BCUT2D eigenvalue weighted by Crippen LogP contribution is -2.28. The molecule has 1 aromatic carbocycles. The van der Waals surface area contributed by atoms with E-state index in [2.05, 4.69) is 26.5 Å². The van der Waals surface area contributed by atoms with E-state index in [9.17, 15) is 4.79 Å². The fourth-order valence-electron chi connectivity index (χ4n) is 0.813. The predicted molar refractivity (Wildman–Crippen MR) is 61.6 cm³/mol. The maximum atomic E-state index is 10.9. The summed E-state index contributed by atoms with van der Waals surface area (Å²) >= 11 is 3.31. The number of hydrogen-bond acceptors (Lipinski definition) is 3. The van der Waals surface area contributed by atoms with Crippen molar-refractivity contribution >= 4 is 28.1 Å². The Hall–Kier alpha value is -1.20. The van der Waals surface area contributed by atoms with Crippen molar-refractivity contribution in [3.8, 4) is 0 Å². The molecule has 1 rings (SSSR count). The Kier molecular flexibility index (Phi) is 4.45. The average Bonchev–Trinajstić information content (AvgIpc) is 2.20. The van der Waals surface area contributed by atoms with E-state index in [0.717, 1.165) is 10.0 Å². The van der Waals surface area contributed by atoms with E-state index in [0.29, 0.717) is 0 Å². The number of benzene rings is 1. The van der Waals surface area contributed by atoms with E-state index in [-0.39, 0.29) is 0 Å². The Labute approximate surface area is 96.1 Å². The molecular weight excluding hydrogens is 260 g/mol. The number of nitrogens with zero attached hydrogens (tertiary/aromatic N) is 1. The highest BCUT2D eigenvalue weighted by molar-refractivity contribution is 9.10. The summed E-state index contributed by atoms with van der Waals surface area (Å²) in [6, 6.07) is 7.44. The lowest BCUT2D eigenvalue weighted by atomic mass is 10.2. The van der Waals surface area contributed by atoms with Gasteiger partial charge < -0.3 is 5.11 Å². The van der Waals surface area contributed by atoms with Crippen LogP contribution in [-0.4, -0.2) is 23.3 Å². The molecule has 0 aliphatic heterocycles. The van der Waals surface area contributed by atoms with E-state index in [4.69, 9.17) is 5.11 Å². The molecule has 0 radical (unpaired) electrons. The summed E-state index contributed by atoms with van der Waals surface area (Å²) in [5, 5.41) is 12.6. The third kappa shape index (κ3) is 4.22. The molecule has 1 aromatic rings. The Morgan fingerprint density at radius 3 is 2.67 bits per heavy atom. The van der Waals surface area contributed by atoms with Crippen molar-refractivity contribution in [2.24, 2.45) is 5.10 Å². The van der Waals surface area contributed by atoms with Gasteiger partial charge in [-0.05, 0) is 24.6 Å². The van der Waals surface area contributed by atoms with Gasteiger partial charge in [-0.25, -0.2) is 5.43 Å². The lowest BCUT2D eigenvalue weighted by molar-refractivity contribution is -0.128. The van der Waals surface area contributed by atoms with Crippen LogP contribution in [0.4, 0.5) is 0 Å².